The van der Waals surface area contributed by atoms with Gasteiger partial charge in [-0.2, -0.15) is 0 Å². The summed E-state index contributed by atoms with van der Waals surface area (Å²) in [5.41, 5.74) is 1.25. The van der Waals surface area contributed by atoms with Gasteiger partial charge in [-0.3, -0.25) is 5.41 Å². The van der Waals surface area contributed by atoms with Gasteiger partial charge in [0.05, 0.1) is 7.11 Å². The first kappa shape index (κ1) is 8.71. The molecule has 0 aliphatic rings. The topological polar surface area (TPSA) is 33.1 Å². The lowest BCUT2D eigenvalue weighted by atomic mass is 10.1. The fraction of sp³-hybridized carbons (Fsp3) is 0.222. The Morgan fingerprint density at radius 3 is 2.58 bits per heavy atom. The van der Waals surface area contributed by atoms with Crippen molar-refractivity contribution in [1.82, 2.24) is 0 Å². The summed E-state index contributed by atoms with van der Waals surface area (Å²) in [6, 6.07) is 4.39. The van der Waals surface area contributed by atoms with Gasteiger partial charge in [0, 0.05) is 5.56 Å². The van der Waals surface area contributed by atoms with Crippen molar-refractivity contribution < 1.29 is 9.13 Å². The highest BCUT2D eigenvalue weighted by molar-refractivity contribution is 5.91. The number of aryl methyl sites for hydroxylation is 1. The third-order valence-electron chi connectivity index (χ3n) is 1.51. The van der Waals surface area contributed by atoms with Crippen LogP contribution in [0.2, 0.25) is 0 Å². The smallest absolute Gasteiger partial charge is 0.213 e. The predicted octanol–water partition coefficient (Wildman–Crippen LogP) is 2.11. The highest BCUT2D eigenvalue weighted by Gasteiger charge is 2.02. The molecule has 0 aliphatic carbocycles. The number of rotatable bonds is 1. The molecule has 3 heteroatoms. The van der Waals surface area contributed by atoms with E-state index in [0.717, 1.165) is 5.56 Å². The zero-order valence-electron chi connectivity index (χ0n) is 7.02. The molecule has 0 radical (unpaired) electrons. The van der Waals surface area contributed by atoms with Crippen molar-refractivity contribution in [1.29, 1.82) is 5.41 Å². The van der Waals surface area contributed by atoms with Gasteiger partial charge in [0.25, 0.3) is 0 Å². The Morgan fingerprint density at radius 2 is 2.08 bits per heavy atom. The van der Waals surface area contributed by atoms with Crippen molar-refractivity contribution in [3.05, 3.63) is 35.1 Å². The summed E-state index contributed by atoms with van der Waals surface area (Å²) in [4.78, 5) is 0. The Labute approximate surface area is 70.5 Å². The van der Waals surface area contributed by atoms with Crippen molar-refractivity contribution in [2.24, 2.45) is 0 Å². The predicted molar refractivity (Wildman–Crippen MR) is 45.0 cm³/mol. The van der Waals surface area contributed by atoms with Gasteiger partial charge < -0.3 is 4.74 Å². The van der Waals surface area contributed by atoms with Gasteiger partial charge in [-0.25, -0.2) is 4.39 Å². The third kappa shape index (κ3) is 1.81. The summed E-state index contributed by atoms with van der Waals surface area (Å²) < 4.78 is 17.4. The zero-order chi connectivity index (χ0) is 9.14. The molecule has 1 aromatic carbocycles. The van der Waals surface area contributed by atoms with Crippen LogP contribution in [0.5, 0.6) is 0 Å². The minimum Gasteiger partial charge on any atom is -0.481 e. The molecule has 0 fully saturated rings. The number of nitrogens with one attached hydrogen (secondary N) is 1. The number of benzene rings is 1. The minimum atomic E-state index is -0.341. The van der Waals surface area contributed by atoms with Crippen LogP contribution in [-0.2, 0) is 4.74 Å². The lowest BCUT2D eigenvalue weighted by Crippen LogP contribution is -2.01. The van der Waals surface area contributed by atoms with Gasteiger partial charge in [0.1, 0.15) is 5.82 Å². The molecule has 0 heterocycles. The molecule has 0 aromatic heterocycles. The quantitative estimate of drug-likeness (QED) is 0.504. The van der Waals surface area contributed by atoms with Gasteiger partial charge in [-0.05, 0) is 30.7 Å². The Bertz CT molecular complexity index is 289. The van der Waals surface area contributed by atoms with E-state index < -0.39 is 0 Å². The third-order valence-corrected chi connectivity index (χ3v) is 1.51. The van der Waals surface area contributed by atoms with Crippen LogP contribution in [0.3, 0.4) is 0 Å². The first-order valence-electron chi connectivity index (χ1n) is 3.53. The van der Waals surface area contributed by atoms with Crippen LogP contribution in [0.15, 0.2) is 18.2 Å². The number of hydrogen-bond donors (Lipinski definition) is 1. The van der Waals surface area contributed by atoms with E-state index in [2.05, 4.69) is 4.74 Å². The molecule has 12 heavy (non-hydrogen) atoms. The molecular formula is C9H10FNO. The van der Waals surface area contributed by atoms with E-state index in [1.807, 2.05) is 0 Å². The minimum absolute atomic E-state index is 0.0161. The summed E-state index contributed by atoms with van der Waals surface area (Å²) in [7, 11) is 1.39. The van der Waals surface area contributed by atoms with E-state index in [1.54, 1.807) is 13.0 Å². The second kappa shape index (κ2) is 3.34. The number of ether oxygens (including phenoxy) is 1. The second-order valence-electron chi connectivity index (χ2n) is 2.55. The molecule has 0 saturated carbocycles. The summed E-state index contributed by atoms with van der Waals surface area (Å²) in [5, 5.41) is 7.28. The molecule has 0 unspecified atom stereocenters. The van der Waals surface area contributed by atoms with Crippen LogP contribution >= 0.6 is 0 Å². The zero-order valence-corrected chi connectivity index (χ0v) is 7.02. The van der Waals surface area contributed by atoms with Gasteiger partial charge >= 0.3 is 0 Å². The van der Waals surface area contributed by atoms with Crippen molar-refractivity contribution in [3.8, 4) is 0 Å². The van der Waals surface area contributed by atoms with Crippen molar-refractivity contribution in [3.63, 3.8) is 0 Å². The molecule has 0 bridgehead atoms. The average Bonchev–Trinajstić information content (AvgIpc) is 2.01. The summed E-state index contributed by atoms with van der Waals surface area (Å²) in [6.07, 6.45) is 0. The monoisotopic (exact) mass is 167 g/mol. The lowest BCUT2D eigenvalue weighted by molar-refractivity contribution is 0.401. The van der Waals surface area contributed by atoms with Gasteiger partial charge in [0.2, 0.25) is 5.90 Å². The summed E-state index contributed by atoms with van der Waals surface area (Å²) >= 11 is 0. The molecule has 0 atom stereocenters. The maximum Gasteiger partial charge on any atom is 0.213 e. The molecule has 1 N–H and O–H groups in total. The largest absolute Gasteiger partial charge is 0.481 e. The lowest BCUT2D eigenvalue weighted by Gasteiger charge is -2.03. The SMILES string of the molecule is COC(=N)c1cc(C)cc(F)c1. The Balaban J connectivity index is 3.08. The van der Waals surface area contributed by atoms with Crippen LogP contribution in [0.25, 0.3) is 0 Å². The highest BCUT2D eigenvalue weighted by Crippen LogP contribution is 2.08. The van der Waals surface area contributed by atoms with Crippen LogP contribution in [0.4, 0.5) is 4.39 Å². The molecule has 2 nitrogen and oxygen atoms in total. The first-order valence-corrected chi connectivity index (χ1v) is 3.53. The molecule has 64 valence electrons. The molecule has 0 aliphatic heterocycles. The van der Waals surface area contributed by atoms with E-state index in [9.17, 15) is 4.39 Å². The Hall–Kier alpha value is -1.38. The highest BCUT2D eigenvalue weighted by atomic mass is 19.1. The van der Waals surface area contributed by atoms with E-state index in [1.165, 1.54) is 19.2 Å². The Morgan fingerprint density at radius 1 is 1.42 bits per heavy atom. The fourth-order valence-corrected chi connectivity index (χ4v) is 0.985. The van der Waals surface area contributed by atoms with Gasteiger partial charge in [-0.15, -0.1) is 0 Å². The van der Waals surface area contributed by atoms with Crippen molar-refractivity contribution in [2.75, 3.05) is 7.11 Å². The van der Waals surface area contributed by atoms with E-state index in [0.29, 0.717) is 5.56 Å². The second-order valence-corrected chi connectivity index (χ2v) is 2.55. The standard InChI is InChI=1S/C9H10FNO/c1-6-3-7(9(11)12-2)5-8(10)4-6/h3-5,11H,1-2H3. The van der Waals surface area contributed by atoms with Crippen molar-refractivity contribution >= 4 is 5.90 Å². The van der Waals surface area contributed by atoms with Crippen LogP contribution in [0, 0.1) is 18.2 Å². The molecule has 0 saturated heterocycles. The summed E-state index contributed by atoms with van der Waals surface area (Å²) in [6.45, 7) is 1.77. The van der Waals surface area contributed by atoms with Gasteiger partial charge in [0.15, 0.2) is 0 Å². The van der Waals surface area contributed by atoms with Gasteiger partial charge in [-0.1, -0.05) is 0 Å². The first-order chi connectivity index (χ1) is 5.63. The van der Waals surface area contributed by atoms with Crippen LogP contribution in [0.1, 0.15) is 11.1 Å². The van der Waals surface area contributed by atoms with E-state index in [4.69, 9.17) is 5.41 Å². The maximum absolute atomic E-state index is 12.8. The molecular weight excluding hydrogens is 157 g/mol. The maximum atomic E-state index is 12.8. The normalized spacial score (nSPS) is 9.58. The van der Waals surface area contributed by atoms with Crippen molar-refractivity contribution in [2.45, 2.75) is 6.92 Å². The Kier molecular flexibility index (Phi) is 2.43. The number of methoxy groups -OCH3 is 1. The number of hydrogen-bond acceptors (Lipinski definition) is 2. The fourth-order valence-electron chi connectivity index (χ4n) is 0.985. The van der Waals surface area contributed by atoms with Crippen LogP contribution in [-0.4, -0.2) is 13.0 Å². The molecule has 0 amide bonds. The van der Waals surface area contributed by atoms with Crippen LogP contribution < -0.4 is 0 Å². The molecule has 1 rings (SSSR count). The van der Waals surface area contributed by atoms with E-state index >= 15 is 0 Å². The molecule has 1 aromatic rings. The molecule has 0 spiro atoms. The van der Waals surface area contributed by atoms with E-state index in [-0.39, 0.29) is 11.7 Å². The average molecular weight is 167 g/mol. The number of halogens is 1. The summed E-state index contributed by atoms with van der Waals surface area (Å²) in [5.74, 6) is -0.357.